The predicted molar refractivity (Wildman–Crippen MR) is 73.0 cm³/mol. The number of hydrogen-bond donors (Lipinski definition) is 0. The van der Waals surface area contributed by atoms with Gasteiger partial charge in [0.2, 0.25) is 0 Å². The van der Waals surface area contributed by atoms with Crippen LogP contribution in [0.3, 0.4) is 0 Å². The van der Waals surface area contributed by atoms with Crippen LogP contribution in [0.1, 0.15) is 12.8 Å². The average molecular weight is 380 g/mol. The largest absolute Gasteiger partial charge is 0.327 e. The van der Waals surface area contributed by atoms with Crippen LogP contribution in [0.25, 0.3) is 0 Å². The van der Waals surface area contributed by atoms with Crippen LogP contribution in [0.4, 0.5) is 5.69 Å². The first kappa shape index (κ1) is 11.7. The molecule has 1 fully saturated rings. The van der Waals surface area contributed by atoms with E-state index in [9.17, 15) is 8.42 Å². The van der Waals surface area contributed by atoms with Crippen LogP contribution in [0.15, 0.2) is 30.4 Å². The number of nitrogens with zero attached hydrogens (tertiary/aromatic N) is 2. The number of halogens is 2. The molecule has 0 atom stereocenters. The number of fused-ring (bicyclic) bond motifs is 1. The minimum atomic E-state index is -3.57. The van der Waals surface area contributed by atoms with Gasteiger partial charge in [0, 0.05) is 15.0 Å². The van der Waals surface area contributed by atoms with Crippen LogP contribution < -0.4 is 4.90 Å². The summed E-state index contributed by atoms with van der Waals surface area (Å²) in [6.07, 6.45) is 3.58. The molecule has 17 heavy (non-hydrogen) atoms. The Labute approximate surface area is 116 Å². The molecule has 1 aliphatic carbocycles. The third-order valence-corrected chi connectivity index (χ3v) is 5.44. The Balaban J connectivity index is 2.28. The molecule has 7 heteroatoms. The fourth-order valence-corrected chi connectivity index (χ4v) is 4.75. The van der Waals surface area contributed by atoms with E-state index >= 15 is 0 Å². The van der Waals surface area contributed by atoms with Crippen molar-refractivity contribution in [3.05, 3.63) is 21.1 Å². The first-order valence-corrected chi connectivity index (χ1v) is 8.09. The van der Waals surface area contributed by atoms with Crippen LogP contribution in [0.5, 0.6) is 0 Å². The maximum atomic E-state index is 11.9. The summed E-state index contributed by atoms with van der Waals surface area (Å²) < 4.78 is 28.9. The summed E-state index contributed by atoms with van der Waals surface area (Å²) in [5.41, 5.74) is 0.698. The molecule has 1 saturated carbocycles. The second-order valence-corrected chi connectivity index (χ2v) is 7.41. The summed E-state index contributed by atoms with van der Waals surface area (Å²) in [5.74, 6) is 0. The molecule has 0 unspecified atom stereocenters. The van der Waals surface area contributed by atoms with Gasteiger partial charge in [0.1, 0.15) is 11.2 Å². The van der Waals surface area contributed by atoms with Crippen LogP contribution in [0, 0.1) is 0 Å². The number of benzene rings is 1. The summed E-state index contributed by atoms with van der Waals surface area (Å²) in [4.78, 5) is 2.20. The molecule has 90 valence electrons. The van der Waals surface area contributed by atoms with Gasteiger partial charge in [0.25, 0.3) is 10.0 Å². The summed E-state index contributed by atoms with van der Waals surface area (Å²) in [7, 11) is -3.57. The number of sulfonamides is 1. The van der Waals surface area contributed by atoms with Gasteiger partial charge in [-0.1, -0.05) is 15.9 Å². The normalized spacial score (nSPS) is 21.4. The van der Waals surface area contributed by atoms with Crippen molar-refractivity contribution in [3.8, 4) is 0 Å². The zero-order chi connectivity index (χ0) is 12.2. The molecule has 0 saturated heterocycles. The SMILES string of the molecule is O=S1(=O)N=CN(C2CC2)c2cc(Br)cc(Br)c21. The quantitative estimate of drug-likeness (QED) is 0.753. The molecule has 0 spiro atoms. The third-order valence-electron chi connectivity index (χ3n) is 2.78. The monoisotopic (exact) mass is 378 g/mol. The summed E-state index contributed by atoms with van der Waals surface area (Å²) in [6.45, 7) is 0. The Morgan fingerprint density at radius 2 is 2.00 bits per heavy atom. The highest BCUT2D eigenvalue weighted by atomic mass is 79.9. The smallest absolute Gasteiger partial charge is 0.286 e. The average Bonchev–Trinajstić information content (AvgIpc) is 2.99. The van der Waals surface area contributed by atoms with Gasteiger partial charge in [-0.3, -0.25) is 0 Å². The molecule has 1 aromatic carbocycles. The topological polar surface area (TPSA) is 49.7 Å². The van der Waals surface area contributed by atoms with Gasteiger partial charge in [-0.25, -0.2) is 0 Å². The van der Waals surface area contributed by atoms with E-state index in [2.05, 4.69) is 36.3 Å². The molecule has 3 rings (SSSR count). The standard InChI is InChI=1S/C10H8Br2N2O2S/c11-6-3-8(12)10-9(4-6)14(7-1-2-7)5-13-17(10,15)16/h3-5,7H,1-2H2. The molecular weight excluding hydrogens is 372 g/mol. The highest BCUT2D eigenvalue weighted by Crippen LogP contribution is 2.42. The third kappa shape index (κ3) is 1.94. The van der Waals surface area contributed by atoms with Gasteiger partial charge in [-0.2, -0.15) is 8.42 Å². The van der Waals surface area contributed by atoms with Gasteiger partial charge in [-0.05, 0) is 40.9 Å². The van der Waals surface area contributed by atoms with E-state index in [4.69, 9.17) is 0 Å². The van der Waals surface area contributed by atoms with E-state index in [1.807, 2.05) is 11.0 Å². The number of anilines is 1. The fraction of sp³-hybridized carbons (Fsp3) is 0.300. The number of rotatable bonds is 1. The van der Waals surface area contributed by atoms with Crippen molar-refractivity contribution in [2.45, 2.75) is 23.8 Å². The van der Waals surface area contributed by atoms with Crippen LogP contribution in [-0.4, -0.2) is 20.8 Å². The fourth-order valence-electron chi connectivity index (χ4n) is 1.87. The molecular formula is C10H8Br2N2O2S. The van der Waals surface area contributed by atoms with Crippen molar-refractivity contribution in [1.29, 1.82) is 0 Å². The Morgan fingerprint density at radius 1 is 1.29 bits per heavy atom. The summed E-state index contributed by atoms with van der Waals surface area (Å²) in [5, 5.41) is 0. The molecule has 0 N–H and O–H groups in total. The maximum absolute atomic E-state index is 11.9. The van der Waals surface area contributed by atoms with E-state index in [1.54, 1.807) is 6.07 Å². The minimum Gasteiger partial charge on any atom is -0.327 e. The Bertz CT molecular complexity index is 623. The van der Waals surface area contributed by atoms with E-state index in [1.165, 1.54) is 6.34 Å². The first-order chi connectivity index (χ1) is 7.99. The van der Waals surface area contributed by atoms with Crippen molar-refractivity contribution in [2.24, 2.45) is 4.40 Å². The lowest BCUT2D eigenvalue weighted by molar-refractivity contribution is 0.596. The van der Waals surface area contributed by atoms with E-state index < -0.39 is 10.0 Å². The predicted octanol–water partition coefficient (Wildman–Crippen LogP) is 2.91. The molecule has 0 aromatic heterocycles. The first-order valence-electron chi connectivity index (χ1n) is 5.07. The van der Waals surface area contributed by atoms with Crippen LogP contribution in [0.2, 0.25) is 0 Å². The molecule has 4 nitrogen and oxygen atoms in total. The van der Waals surface area contributed by atoms with Crippen LogP contribution in [-0.2, 0) is 10.0 Å². The van der Waals surface area contributed by atoms with E-state index in [-0.39, 0.29) is 4.90 Å². The van der Waals surface area contributed by atoms with Gasteiger partial charge < -0.3 is 4.90 Å². The molecule has 1 heterocycles. The van der Waals surface area contributed by atoms with Crippen molar-refractivity contribution in [1.82, 2.24) is 0 Å². The molecule has 0 amide bonds. The van der Waals surface area contributed by atoms with Crippen molar-refractivity contribution in [3.63, 3.8) is 0 Å². The Kier molecular flexibility index (Phi) is 2.61. The molecule has 1 aromatic rings. The van der Waals surface area contributed by atoms with Gasteiger partial charge in [0.05, 0.1) is 5.69 Å². The van der Waals surface area contributed by atoms with Crippen molar-refractivity contribution >= 4 is 53.9 Å². The van der Waals surface area contributed by atoms with Crippen molar-refractivity contribution in [2.75, 3.05) is 4.90 Å². The zero-order valence-electron chi connectivity index (χ0n) is 8.60. The van der Waals surface area contributed by atoms with Crippen molar-refractivity contribution < 1.29 is 8.42 Å². The second-order valence-electron chi connectivity index (χ2n) is 4.07. The van der Waals surface area contributed by atoms with Gasteiger partial charge in [-0.15, -0.1) is 4.40 Å². The number of hydrogen-bond acceptors (Lipinski definition) is 3. The van der Waals surface area contributed by atoms with E-state index in [0.717, 1.165) is 17.3 Å². The lowest BCUT2D eigenvalue weighted by Crippen LogP contribution is -2.29. The highest BCUT2D eigenvalue weighted by molar-refractivity contribution is 9.11. The van der Waals surface area contributed by atoms with E-state index in [0.29, 0.717) is 16.2 Å². The second kappa shape index (κ2) is 3.80. The lowest BCUT2D eigenvalue weighted by atomic mass is 10.3. The van der Waals surface area contributed by atoms with Gasteiger partial charge >= 0.3 is 0 Å². The molecule has 0 bridgehead atoms. The summed E-state index contributed by atoms with van der Waals surface area (Å²) in [6, 6.07) is 3.93. The lowest BCUT2D eigenvalue weighted by Gasteiger charge is -2.25. The summed E-state index contributed by atoms with van der Waals surface area (Å²) >= 11 is 6.68. The highest BCUT2D eigenvalue weighted by Gasteiger charge is 2.36. The molecule has 1 aliphatic heterocycles. The van der Waals surface area contributed by atoms with Gasteiger partial charge in [0.15, 0.2) is 0 Å². The zero-order valence-corrected chi connectivity index (χ0v) is 12.6. The maximum Gasteiger partial charge on any atom is 0.286 e. The van der Waals surface area contributed by atoms with Crippen LogP contribution >= 0.6 is 31.9 Å². The molecule has 0 radical (unpaired) electrons. The minimum absolute atomic E-state index is 0.259. The molecule has 2 aliphatic rings. The Morgan fingerprint density at radius 3 is 2.65 bits per heavy atom. The Hall–Kier alpha value is -0.400.